The summed E-state index contributed by atoms with van der Waals surface area (Å²) in [7, 11) is 5.67. The van der Waals surface area contributed by atoms with Gasteiger partial charge in [0.25, 0.3) is 0 Å². The van der Waals surface area contributed by atoms with Gasteiger partial charge in [0.1, 0.15) is 5.75 Å². The number of rotatable bonds is 8. The lowest BCUT2D eigenvalue weighted by atomic mass is 10.1. The largest absolute Gasteiger partial charge is 0.497 e. The Bertz CT molecular complexity index is 774. The number of hydrogen-bond donors (Lipinski definition) is 1. The predicted molar refractivity (Wildman–Crippen MR) is 103 cm³/mol. The Labute approximate surface area is 160 Å². The Morgan fingerprint density at radius 2 is 1.89 bits per heavy atom. The Balaban J connectivity index is 1.51. The van der Waals surface area contributed by atoms with Crippen molar-refractivity contribution >= 4 is 5.91 Å². The van der Waals surface area contributed by atoms with Gasteiger partial charge in [0.05, 0.1) is 13.2 Å². The summed E-state index contributed by atoms with van der Waals surface area (Å²) in [5, 5.41) is 3.05. The zero-order valence-corrected chi connectivity index (χ0v) is 16.0. The van der Waals surface area contributed by atoms with Gasteiger partial charge in [-0.05, 0) is 55.9 Å². The van der Waals surface area contributed by atoms with Crippen LogP contribution in [0.1, 0.15) is 23.6 Å². The molecule has 0 saturated heterocycles. The quantitative estimate of drug-likeness (QED) is 0.774. The molecule has 0 saturated carbocycles. The molecule has 144 valence electrons. The molecule has 1 aliphatic heterocycles. The van der Waals surface area contributed by atoms with E-state index in [0.717, 1.165) is 28.4 Å². The molecule has 0 aliphatic carbocycles. The number of nitrogens with one attached hydrogen (secondary N) is 1. The lowest BCUT2D eigenvalue weighted by Crippen LogP contribution is -2.34. The van der Waals surface area contributed by atoms with Crippen molar-refractivity contribution in [3.8, 4) is 17.2 Å². The van der Waals surface area contributed by atoms with Crippen molar-refractivity contribution in [2.24, 2.45) is 0 Å². The molecule has 1 aliphatic rings. The molecule has 1 atom stereocenters. The van der Waals surface area contributed by atoms with E-state index in [-0.39, 0.29) is 18.7 Å². The maximum atomic E-state index is 12.3. The number of hydrogen-bond acceptors (Lipinski definition) is 5. The van der Waals surface area contributed by atoms with Crippen molar-refractivity contribution in [2.45, 2.75) is 18.9 Å². The minimum absolute atomic E-state index is 0.0352. The van der Waals surface area contributed by atoms with Crippen LogP contribution in [0.2, 0.25) is 0 Å². The number of amides is 1. The van der Waals surface area contributed by atoms with Crippen molar-refractivity contribution in [1.29, 1.82) is 0 Å². The summed E-state index contributed by atoms with van der Waals surface area (Å²) >= 11 is 0. The van der Waals surface area contributed by atoms with Crippen molar-refractivity contribution < 1.29 is 19.0 Å². The number of likely N-dealkylation sites (N-methyl/N-ethyl adjacent to an activating group) is 1. The monoisotopic (exact) mass is 370 g/mol. The number of fused-ring (bicyclic) bond motifs is 1. The molecule has 1 N–H and O–H groups in total. The molecule has 6 heteroatoms. The average molecular weight is 370 g/mol. The van der Waals surface area contributed by atoms with Gasteiger partial charge in [-0.1, -0.05) is 18.2 Å². The van der Waals surface area contributed by atoms with Crippen LogP contribution in [0.3, 0.4) is 0 Å². The fourth-order valence-electron chi connectivity index (χ4n) is 3.08. The molecule has 0 radical (unpaired) electrons. The molecule has 0 spiro atoms. The van der Waals surface area contributed by atoms with E-state index < -0.39 is 0 Å². The van der Waals surface area contributed by atoms with Crippen molar-refractivity contribution in [2.75, 3.05) is 34.5 Å². The summed E-state index contributed by atoms with van der Waals surface area (Å²) in [6.45, 7) is 0.815. The summed E-state index contributed by atoms with van der Waals surface area (Å²) < 4.78 is 15.9. The molecule has 2 aromatic rings. The third-order valence-corrected chi connectivity index (χ3v) is 4.69. The minimum Gasteiger partial charge on any atom is -0.497 e. The van der Waals surface area contributed by atoms with Crippen LogP contribution in [0.15, 0.2) is 42.5 Å². The molecule has 0 aromatic heterocycles. The number of carbonyl (C=O) groups excluding carboxylic acids is 1. The molecule has 27 heavy (non-hydrogen) atoms. The zero-order valence-electron chi connectivity index (χ0n) is 16.0. The first-order valence-electron chi connectivity index (χ1n) is 9.02. The lowest BCUT2D eigenvalue weighted by molar-refractivity contribution is -0.121. The maximum Gasteiger partial charge on any atom is 0.231 e. The van der Waals surface area contributed by atoms with E-state index in [1.54, 1.807) is 7.11 Å². The molecular formula is C21H26N2O4. The average Bonchev–Trinajstić information content (AvgIpc) is 3.14. The van der Waals surface area contributed by atoms with Gasteiger partial charge in [0.2, 0.25) is 12.7 Å². The summed E-state index contributed by atoms with van der Waals surface area (Å²) in [5.74, 6) is 2.37. The third-order valence-electron chi connectivity index (χ3n) is 4.69. The highest BCUT2D eigenvalue weighted by Crippen LogP contribution is 2.32. The molecule has 1 amide bonds. The standard InChI is InChI=1S/C21H26N2O4/c1-23(2)18(16-6-8-17(25-3)9-7-16)13-22-21(24)11-5-15-4-10-19-20(12-15)27-14-26-19/h4,6-10,12,18H,5,11,13-14H2,1-3H3,(H,22,24). The number of nitrogens with zero attached hydrogens (tertiary/aromatic N) is 1. The van der Waals surface area contributed by atoms with Crippen LogP contribution in [0.25, 0.3) is 0 Å². The summed E-state index contributed by atoms with van der Waals surface area (Å²) in [6, 6.07) is 13.8. The van der Waals surface area contributed by atoms with Gasteiger partial charge in [-0.3, -0.25) is 4.79 Å². The first-order valence-corrected chi connectivity index (χ1v) is 9.02. The van der Waals surface area contributed by atoms with Crippen LogP contribution in [0, 0.1) is 0 Å². The van der Waals surface area contributed by atoms with E-state index in [1.807, 2.05) is 56.6 Å². The third kappa shape index (κ3) is 4.92. The molecule has 1 heterocycles. The number of aryl methyl sites for hydroxylation is 1. The lowest BCUT2D eigenvalue weighted by Gasteiger charge is -2.25. The SMILES string of the molecule is COc1ccc(C(CNC(=O)CCc2ccc3c(c2)OCO3)N(C)C)cc1. The first kappa shape index (κ1) is 19.0. The molecule has 0 fully saturated rings. The van der Waals surface area contributed by atoms with E-state index in [2.05, 4.69) is 10.2 Å². The molecule has 6 nitrogen and oxygen atoms in total. The van der Waals surface area contributed by atoms with Gasteiger partial charge in [-0.2, -0.15) is 0 Å². The van der Waals surface area contributed by atoms with E-state index in [9.17, 15) is 4.79 Å². The second-order valence-corrected chi connectivity index (χ2v) is 6.74. The normalized spacial score (nSPS) is 13.5. The van der Waals surface area contributed by atoms with Crippen LogP contribution in [0.4, 0.5) is 0 Å². The predicted octanol–water partition coefficient (Wildman–Crippen LogP) is 2.78. The molecule has 3 rings (SSSR count). The zero-order chi connectivity index (χ0) is 19.2. The molecular weight excluding hydrogens is 344 g/mol. The smallest absolute Gasteiger partial charge is 0.231 e. The highest BCUT2D eigenvalue weighted by Gasteiger charge is 2.16. The van der Waals surface area contributed by atoms with E-state index >= 15 is 0 Å². The Morgan fingerprint density at radius 3 is 2.59 bits per heavy atom. The van der Waals surface area contributed by atoms with Crippen LogP contribution in [-0.4, -0.2) is 45.3 Å². The Hall–Kier alpha value is -2.73. The summed E-state index contributed by atoms with van der Waals surface area (Å²) in [5.41, 5.74) is 2.20. The number of ether oxygens (including phenoxy) is 3. The fraction of sp³-hybridized carbons (Fsp3) is 0.381. The second-order valence-electron chi connectivity index (χ2n) is 6.74. The van der Waals surface area contributed by atoms with Gasteiger partial charge < -0.3 is 24.4 Å². The minimum atomic E-state index is 0.0352. The number of methoxy groups -OCH3 is 1. The van der Waals surface area contributed by atoms with Gasteiger partial charge >= 0.3 is 0 Å². The van der Waals surface area contributed by atoms with Gasteiger partial charge in [0.15, 0.2) is 11.5 Å². The van der Waals surface area contributed by atoms with Gasteiger partial charge in [-0.15, -0.1) is 0 Å². The van der Waals surface area contributed by atoms with Crippen molar-refractivity contribution in [3.63, 3.8) is 0 Å². The molecule has 2 aromatic carbocycles. The van der Waals surface area contributed by atoms with Gasteiger partial charge in [-0.25, -0.2) is 0 Å². The van der Waals surface area contributed by atoms with E-state index in [0.29, 0.717) is 19.4 Å². The Kier molecular flexibility index (Phi) is 6.19. The topological polar surface area (TPSA) is 60.0 Å². The van der Waals surface area contributed by atoms with E-state index in [4.69, 9.17) is 14.2 Å². The summed E-state index contributed by atoms with van der Waals surface area (Å²) in [4.78, 5) is 14.4. The number of carbonyl (C=O) groups is 1. The molecule has 0 bridgehead atoms. The molecule has 1 unspecified atom stereocenters. The fourth-order valence-corrected chi connectivity index (χ4v) is 3.08. The Morgan fingerprint density at radius 1 is 1.15 bits per heavy atom. The van der Waals surface area contributed by atoms with Crippen molar-refractivity contribution in [3.05, 3.63) is 53.6 Å². The number of benzene rings is 2. The van der Waals surface area contributed by atoms with Gasteiger partial charge in [0, 0.05) is 13.0 Å². The highest BCUT2D eigenvalue weighted by atomic mass is 16.7. The van der Waals surface area contributed by atoms with Crippen LogP contribution < -0.4 is 19.5 Å². The van der Waals surface area contributed by atoms with Crippen LogP contribution >= 0.6 is 0 Å². The second kappa shape index (κ2) is 8.77. The summed E-state index contributed by atoms with van der Waals surface area (Å²) in [6.07, 6.45) is 1.10. The van der Waals surface area contributed by atoms with Crippen molar-refractivity contribution in [1.82, 2.24) is 10.2 Å². The first-order chi connectivity index (χ1) is 13.1. The van der Waals surface area contributed by atoms with Crippen LogP contribution in [0.5, 0.6) is 17.2 Å². The maximum absolute atomic E-state index is 12.3. The van der Waals surface area contributed by atoms with Crippen LogP contribution in [-0.2, 0) is 11.2 Å². The highest BCUT2D eigenvalue weighted by molar-refractivity contribution is 5.76. The van der Waals surface area contributed by atoms with E-state index in [1.165, 1.54) is 0 Å².